The number of carboxylic acids is 3. The Labute approximate surface area is 431 Å². The number of carbonyl (C=O) groups is 6. The van der Waals surface area contributed by atoms with Crippen molar-refractivity contribution in [1.29, 1.82) is 15.8 Å². The summed E-state index contributed by atoms with van der Waals surface area (Å²) >= 11 is 2.89. The van der Waals surface area contributed by atoms with Crippen LogP contribution in [0.15, 0.2) is 72.8 Å². The molecule has 8 rings (SSSR count). The van der Waals surface area contributed by atoms with E-state index in [0.29, 0.717) is 25.7 Å². The van der Waals surface area contributed by atoms with E-state index in [9.17, 15) is 57.7 Å². The normalized spacial score (nSPS) is 16.8. The molecule has 5 atom stereocenters. The zero-order valence-corrected chi connectivity index (χ0v) is 41.3. The highest BCUT2D eigenvalue weighted by atomic mass is 32.1. The van der Waals surface area contributed by atoms with Crippen LogP contribution in [-0.2, 0) is 28.8 Å². The van der Waals surface area contributed by atoms with Crippen LogP contribution in [0.4, 0.5) is 28.6 Å². The number of carboxylic acid groups (broad SMARTS) is 3. The molecular weight excluding hydrogens is 1020 g/mol. The summed E-state index contributed by atoms with van der Waals surface area (Å²) in [5.41, 5.74) is 1.14. The molecule has 3 amide bonds. The minimum Gasteiger partial charge on any atom is -0.481 e. The molecule has 2 saturated carbocycles. The average Bonchev–Trinajstić information content (AvgIpc) is 4.23. The maximum Gasteiger partial charge on any atom is 0.306 e. The number of hydrogen-bond acceptors (Lipinski definition) is 15. The summed E-state index contributed by atoms with van der Waals surface area (Å²) in [6, 6.07) is 23.8. The van der Waals surface area contributed by atoms with Crippen LogP contribution in [0.25, 0.3) is 33.8 Å². The molecule has 0 spiro atoms. The van der Waals surface area contributed by atoms with Gasteiger partial charge in [-0.3, -0.25) is 28.8 Å². The van der Waals surface area contributed by atoms with Crippen LogP contribution in [0.5, 0.6) is 0 Å². The fourth-order valence-electron chi connectivity index (χ4n) is 8.02. The molecule has 2 aliphatic rings. The van der Waals surface area contributed by atoms with Gasteiger partial charge in [-0.2, -0.15) is 15.8 Å². The third kappa shape index (κ3) is 14.2. The largest absolute Gasteiger partial charge is 0.481 e. The number of thiazole rings is 3. The third-order valence-electron chi connectivity index (χ3n) is 11.6. The third-order valence-corrected chi connectivity index (χ3v) is 14.3. The Hall–Kier alpha value is -8.37. The van der Waals surface area contributed by atoms with Gasteiger partial charge >= 0.3 is 17.9 Å². The minimum atomic E-state index is -0.974. The summed E-state index contributed by atoms with van der Waals surface area (Å²) in [6.45, 7) is 1.65. The van der Waals surface area contributed by atoms with Crippen molar-refractivity contribution in [3.63, 3.8) is 0 Å². The second kappa shape index (κ2) is 25.3. The predicted octanol–water partition coefficient (Wildman–Crippen LogP) is 9.78. The molecule has 0 radical (unpaired) electrons. The van der Waals surface area contributed by atoms with Gasteiger partial charge in [-0.1, -0.05) is 77.3 Å². The molecule has 24 heteroatoms. The van der Waals surface area contributed by atoms with Crippen LogP contribution in [0.1, 0.15) is 72.9 Å². The van der Waals surface area contributed by atoms with Crippen LogP contribution in [0, 0.1) is 81.0 Å². The van der Waals surface area contributed by atoms with Crippen LogP contribution >= 0.6 is 34.0 Å². The van der Waals surface area contributed by atoms with E-state index in [2.05, 4.69) is 30.9 Å². The molecule has 0 aliphatic heterocycles. The monoisotopic (exact) mass is 1070 g/mol. The van der Waals surface area contributed by atoms with Gasteiger partial charge in [-0.25, -0.2) is 28.1 Å². The Morgan fingerprint density at radius 1 is 0.554 bits per heavy atom. The molecule has 18 nitrogen and oxygen atoms in total. The number of benzene rings is 3. The Kier molecular flexibility index (Phi) is 18.8. The summed E-state index contributed by atoms with van der Waals surface area (Å²) in [7, 11) is 0. The van der Waals surface area contributed by atoms with Gasteiger partial charge in [0.1, 0.15) is 67.4 Å². The van der Waals surface area contributed by atoms with Crippen LogP contribution < -0.4 is 16.0 Å². The van der Waals surface area contributed by atoms with Crippen LogP contribution in [-0.4, -0.2) is 65.9 Å². The van der Waals surface area contributed by atoms with E-state index in [0.717, 1.165) is 34.0 Å². The average molecular weight is 1070 g/mol. The van der Waals surface area contributed by atoms with E-state index >= 15 is 0 Å². The molecule has 380 valence electrons. The quantitative estimate of drug-likeness (QED) is 0.0591. The van der Waals surface area contributed by atoms with Crippen molar-refractivity contribution in [2.75, 3.05) is 16.0 Å². The van der Waals surface area contributed by atoms with E-state index in [1.54, 1.807) is 37.3 Å². The van der Waals surface area contributed by atoms with Gasteiger partial charge in [-0.15, -0.1) is 0 Å². The van der Waals surface area contributed by atoms with Crippen LogP contribution in [0.2, 0.25) is 0 Å². The highest BCUT2D eigenvalue weighted by Crippen LogP contribution is 2.37. The van der Waals surface area contributed by atoms with Crippen molar-refractivity contribution in [2.45, 2.75) is 58.3 Å². The number of hydrogen-bond donors (Lipinski definition) is 6. The molecule has 0 bridgehead atoms. The maximum absolute atomic E-state index is 13.9. The smallest absolute Gasteiger partial charge is 0.306 e. The van der Waals surface area contributed by atoms with Crippen molar-refractivity contribution >= 4 is 85.0 Å². The second-order valence-corrected chi connectivity index (χ2v) is 19.9. The Bertz CT molecular complexity index is 3090. The predicted molar refractivity (Wildman–Crippen MR) is 266 cm³/mol. The van der Waals surface area contributed by atoms with Crippen molar-refractivity contribution in [3.8, 4) is 52.0 Å². The maximum atomic E-state index is 13.9. The zero-order chi connectivity index (χ0) is 53.6. The molecule has 0 saturated heterocycles. The summed E-state index contributed by atoms with van der Waals surface area (Å²) in [4.78, 5) is 82.2. The molecule has 3 aromatic heterocycles. The first kappa shape index (κ1) is 55.0. The second-order valence-electron chi connectivity index (χ2n) is 16.9. The lowest BCUT2D eigenvalue weighted by atomic mass is 10.0. The number of nitrogens with one attached hydrogen (secondary N) is 3. The number of anilines is 3. The summed E-state index contributed by atoms with van der Waals surface area (Å²) in [5, 5.41) is 62.8. The van der Waals surface area contributed by atoms with Crippen molar-refractivity contribution < 1.29 is 57.3 Å². The van der Waals surface area contributed by atoms with Gasteiger partial charge in [0, 0.05) is 41.4 Å². The summed E-state index contributed by atoms with van der Waals surface area (Å²) in [6.07, 6.45) is 2.41. The molecular formula is C50H42F3N9O9S3. The van der Waals surface area contributed by atoms with Gasteiger partial charge in [-0.05, 0) is 80.8 Å². The number of amides is 3. The lowest BCUT2D eigenvalue weighted by Crippen LogP contribution is -2.21. The number of carbonyl (C=O) groups excluding carboxylic acids is 3. The van der Waals surface area contributed by atoms with Crippen molar-refractivity contribution in [3.05, 3.63) is 105 Å². The molecule has 3 aromatic carbocycles. The summed E-state index contributed by atoms with van der Waals surface area (Å²) in [5.74, 6) is -7.42. The van der Waals surface area contributed by atoms with Gasteiger partial charge in [0.15, 0.2) is 15.4 Å². The molecule has 6 N–H and O–H groups in total. The lowest BCUT2D eigenvalue weighted by molar-refractivity contribution is -0.142. The van der Waals surface area contributed by atoms with Gasteiger partial charge in [0.25, 0.3) is 0 Å². The minimum absolute atomic E-state index is 0.0167. The van der Waals surface area contributed by atoms with E-state index < -0.39 is 64.9 Å². The van der Waals surface area contributed by atoms with Gasteiger partial charge < -0.3 is 31.3 Å². The lowest BCUT2D eigenvalue weighted by Gasteiger charge is -2.08. The number of rotatable bonds is 14. The standard InChI is InChI=1S/2C17H14FN3O3S.C16H14FN3O3S/c2*18-12-4-2-1-3-11(12)14-13(8-19)25-17(20-14)21-15(22)9-5-6-10(7-9)16(23)24;1-9(7-14(22)23)6-13(21)19-16-20-15(12(8-18)24-16)10-4-2-3-5-11(10)17/h2*1-4,9-10H,5-7H2,(H,23,24)(H,20,21,22);2-5,9H,6-7H2,1H3,(H,22,23)(H,19,20,21)/t9-,10+;9-,10-;/m10./s1. The highest BCUT2D eigenvalue weighted by Gasteiger charge is 2.36. The SMILES string of the molecule is CC(CC(=O)O)CC(=O)Nc1nc(-c2ccccc2F)c(C#N)s1.N#Cc1sc(NC(=O)[C@@H]2CC[C@H](C(=O)O)C2)nc1-c1ccccc1F.N#Cc1sc(NC(=O)[C@H]2CC[C@H](C(=O)O)C2)nc1-c1ccccc1F. The number of aromatic nitrogens is 3. The molecule has 3 heterocycles. The molecule has 2 aliphatic carbocycles. The topological polar surface area (TPSA) is 309 Å². The molecule has 1 unspecified atom stereocenters. The van der Waals surface area contributed by atoms with Gasteiger partial charge in [0.2, 0.25) is 17.7 Å². The molecule has 74 heavy (non-hydrogen) atoms. The fourth-order valence-corrected chi connectivity index (χ4v) is 10.4. The van der Waals surface area contributed by atoms with E-state index in [4.69, 9.17) is 15.3 Å². The Balaban J connectivity index is 0.000000181. The first-order valence-electron chi connectivity index (χ1n) is 22.5. The van der Waals surface area contributed by atoms with Crippen molar-refractivity contribution in [1.82, 2.24) is 15.0 Å². The first-order valence-corrected chi connectivity index (χ1v) is 24.9. The van der Waals surface area contributed by atoms with Gasteiger partial charge in [0.05, 0.1) is 11.8 Å². The Morgan fingerprint density at radius 2 is 0.878 bits per heavy atom. The van der Waals surface area contributed by atoms with Crippen molar-refractivity contribution in [2.24, 2.45) is 29.6 Å². The molecule has 6 aromatic rings. The van der Waals surface area contributed by atoms with E-state index in [1.807, 2.05) is 18.2 Å². The van der Waals surface area contributed by atoms with Crippen LogP contribution in [0.3, 0.4) is 0 Å². The first-order chi connectivity index (χ1) is 35.4. The number of nitrogens with zero attached hydrogens (tertiary/aromatic N) is 6. The number of halogens is 3. The molecule has 2 fully saturated rings. The fraction of sp³-hybridized carbons (Fsp3) is 0.280. The number of nitriles is 3. The van der Waals surface area contributed by atoms with E-state index in [-0.39, 0.29) is 107 Å². The van der Waals surface area contributed by atoms with E-state index in [1.165, 1.54) is 42.5 Å². The highest BCUT2D eigenvalue weighted by molar-refractivity contribution is 7.17. The number of aliphatic carboxylic acids is 3. The Morgan fingerprint density at radius 3 is 1.18 bits per heavy atom. The summed E-state index contributed by atoms with van der Waals surface area (Å²) < 4.78 is 41.7. The zero-order valence-electron chi connectivity index (χ0n) is 38.8.